The number of halogens is 1. The van der Waals surface area contributed by atoms with Crippen LogP contribution >= 0.6 is 15.9 Å². The molecule has 0 spiro atoms. The summed E-state index contributed by atoms with van der Waals surface area (Å²) >= 11 is 3.46. The van der Waals surface area contributed by atoms with Gasteiger partial charge in [0.15, 0.2) is 28.3 Å². The van der Waals surface area contributed by atoms with E-state index in [1.54, 1.807) is 26.4 Å². The van der Waals surface area contributed by atoms with Gasteiger partial charge in [0.1, 0.15) is 0 Å². The van der Waals surface area contributed by atoms with Crippen LogP contribution in [0.5, 0.6) is 11.9 Å². The van der Waals surface area contributed by atoms with E-state index in [0.717, 1.165) is 18.4 Å². The zero-order valence-electron chi connectivity index (χ0n) is 17.1. The van der Waals surface area contributed by atoms with Crippen LogP contribution in [0.2, 0.25) is 0 Å². The number of pyridine rings is 1. The highest BCUT2D eigenvalue weighted by molar-refractivity contribution is 9.10. The number of imidazole rings is 1. The Balaban J connectivity index is 1.77. The number of rotatable bonds is 9. The van der Waals surface area contributed by atoms with Gasteiger partial charge in [-0.3, -0.25) is 9.36 Å². The van der Waals surface area contributed by atoms with Crippen LogP contribution in [-0.2, 0) is 11.3 Å². The number of amides is 1. The molecule has 11 heteroatoms. The molecular weight excluding hydrogens is 454 g/mol. The monoisotopic (exact) mass is 477 g/mol. The number of aromatic nitrogens is 5. The molecule has 3 heterocycles. The number of anilines is 1. The van der Waals surface area contributed by atoms with Crippen molar-refractivity contribution >= 4 is 38.8 Å². The highest BCUT2D eigenvalue weighted by Crippen LogP contribution is 2.25. The molecule has 0 saturated carbocycles. The summed E-state index contributed by atoms with van der Waals surface area (Å²) in [7, 11) is 3.35. The molecule has 0 aliphatic carbocycles. The van der Waals surface area contributed by atoms with Crippen LogP contribution in [0.15, 0.2) is 23.1 Å². The zero-order chi connectivity index (χ0) is 21.7. The fraction of sp³-hybridized carbons (Fsp3) is 0.421. The molecule has 0 atom stereocenters. The lowest BCUT2D eigenvalue weighted by molar-refractivity contribution is -0.130. The average molecular weight is 478 g/mol. The van der Waals surface area contributed by atoms with Gasteiger partial charge >= 0.3 is 6.01 Å². The topological polar surface area (TPSA) is 121 Å². The molecule has 3 aromatic rings. The van der Waals surface area contributed by atoms with Gasteiger partial charge in [0, 0.05) is 26.4 Å². The minimum Gasteiger partial charge on any atom is -0.468 e. The van der Waals surface area contributed by atoms with Crippen LogP contribution < -0.4 is 15.2 Å². The quantitative estimate of drug-likeness (QED) is 0.367. The summed E-state index contributed by atoms with van der Waals surface area (Å²) in [6.07, 6.45) is 3.60. The lowest BCUT2D eigenvalue weighted by Gasteiger charge is -2.11. The van der Waals surface area contributed by atoms with Crippen LogP contribution in [-0.4, -0.2) is 62.6 Å². The summed E-state index contributed by atoms with van der Waals surface area (Å²) in [4.78, 5) is 30.4. The first-order chi connectivity index (χ1) is 14.4. The number of nitrogens with zero attached hydrogens (tertiary/aromatic N) is 6. The molecule has 0 fully saturated rings. The number of unbranched alkanes of at least 4 members (excludes halogenated alkanes) is 1. The smallest absolute Gasteiger partial charge is 0.320 e. The van der Waals surface area contributed by atoms with E-state index in [2.05, 4.69) is 42.8 Å². The molecule has 0 bridgehead atoms. The molecule has 0 aliphatic rings. The van der Waals surface area contributed by atoms with Crippen molar-refractivity contribution in [2.75, 3.05) is 33.0 Å². The molecule has 0 aromatic carbocycles. The molecule has 0 aliphatic heterocycles. The number of carbonyl (C=O) groups excluding carboxylic acids is 1. The normalized spacial score (nSPS) is 10.9. The van der Waals surface area contributed by atoms with E-state index in [0.29, 0.717) is 34.9 Å². The largest absolute Gasteiger partial charge is 0.468 e. The van der Waals surface area contributed by atoms with Gasteiger partial charge in [0.05, 0.1) is 13.2 Å². The number of carbonyl (C=O) groups is 1. The third-order valence-corrected chi connectivity index (χ3v) is 4.87. The number of nitrogens with two attached hydrogens (primary N) is 1. The van der Waals surface area contributed by atoms with E-state index in [1.165, 1.54) is 4.90 Å². The summed E-state index contributed by atoms with van der Waals surface area (Å²) < 4.78 is 13.4. The standard InChI is InChI=1S/C19H24BrN7O3/c1-4-5-8-29-19-24-16(21)15-17(25-19)27(18(20)23-15)10-12-6-7-13(22-9-12)30-11-14(28)26(2)3/h6-7,9H,4-5,8,10-11H2,1-3H3,(H2,21,24,25). The second-order valence-corrected chi connectivity index (χ2v) is 7.52. The SMILES string of the molecule is CCCCOc1nc(N)c2nc(Br)n(Cc3ccc(OCC(=O)N(C)C)nc3)c2n1. The Morgan fingerprint density at radius 3 is 2.70 bits per heavy atom. The maximum atomic E-state index is 11.6. The lowest BCUT2D eigenvalue weighted by atomic mass is 10.3. The first-order valence-electron chi connectivity index (χ1n) is 9.49. The number of nitrogen functional groups attached to an aromatic ring is 1. The molecule has 0 saturated heterocycles. The van der Waals surface area contributed by atoms with Crippen molar-refractivity contribution in [2.45, 2.75) is 26.3 Å². The molecule has 0 unspecified atom stereocenters. The van der Waals surface area contributed by atoms with Gasteiger partial charge in [-0.1, -0.05) is 19.4 Å². The molecule has 0 radical (unpaired) electrons. The summed E-state index contributed by atoms with van der Waals surface area (Å²) in [5.41, 5.74) is 8.01. The summed E-state index contributed by atoms with van der Waals surface area (Å²) in [6, 6.07) is 3.81. The van der Waals surface area contributed by atoms with E-state index >= 15 is 0 Å². The minimum absolute atomic E-state index is 0.0615. The molecule has 3 rings (SSSR count). The zero-order valence-corrected chi connectivity index (χ0v) is 18.7. The Morgan fingerprint density at radius 2 is 2.03 bits per heavy atom. The van der Waals surface area contributed by atoms with Gasteiger partial charge in [-0.25, -0.2) is 9.97 Å². The second kappa shape index (κ2) is 9.70. The second-order valence-electron chi connectivity index (χ2n) is 6.81. The Labute approximate surface area is 182 Å². The molecule has 10 nitrogen and oxygen atoms in total. The predicted molar refractivity (Wildman–Crippen MR) is 115 cm³/mol. The van der Waals surface area contributed by atoms with E-state index in [1.807, 2.05) is 10.6 Å². The van der Waals surface area contributed by atoms with Gasteiger partial charge in [-0.15, -0.1) is 0 Å². The molecular formula is C19H24BrN7O3. The first kappa shape index (κ1) is 21.8. The number of hydrogen-bond donors (Lipinski definition) is 1. The van der Waals surface area contributed by atoms with E-state index < -0.39 is 0 Å². The Hall–Kier alpha value is -2.95. The van der Waals surface area contributed by atoms with Gasteiger partial charge < -0.3 is 20.1 Å². The van der Waals surface area contributed by atoms with Crippen LogP contribution in [0.1, 0.15) is 25.3 Å². The van der Waals surface area contributed by atoms with Crippen molar-refractivity contribution in [3.63, 3.8) is 0 Å². The van der Waals surface area contributed by atoms with E-state index in [4.69, 9.17) is 15.2 Å². The van der Waals surface area contributed by atoms with Crippen LogP contribution in [0, 0.1) is 0 Å². The van der Waals surface area contributed by atoms with Crippen molar-refractivity contribution in [3.05, 3.63) is 28.6 Å². The Bertz CT molecular complexity index is 1020. The van der Waals surface area contributed by atoms with E-state index in [9.17, 15) is 4.79 Å². The van der Waals surface area contributed by atoms with Gasteiger partial charge in [-0.2, -0.15) is 9.97 Å². The Kier molecular flexibility index (Phi) is 7.03. The number of likely N-dealkylation sites (N-methyl/N-ethyl adjacent to an activating group) is 1. The maximum absolute atomic E-state index is 11.6. The van der Waals surface area contributed by atoms with Gasteiger partial charge in [0.25, 0.3) is 5.91 Å². The van der Waals surface area contributed by atoms with Crippen molar-refractivity contribution < 1.29 is 14.3 Å². The van der Waals surface area contributed by atoms with E-state index in [-0.39, 0.29) is 24.3 Å². The molecule has 3 aromatic heterocycles. The van der Waals surface area contributed by atoms with Gasteiger partial charge in [0.2, 0.25) is 5.88 Å². The van der Waals surface area contributed by atoms with Crippen LogP contribution in [0.4, 0.5) is 5.82 Å². The van der Waals surface area contributed by atoms with Crippen LogP contribution in [0.3, 0.4) is 0 Å². The summed E-state index contributed by atoms with van der Waals surface area (Å²) in [5, 5.41) is 0. The lowest BCUT2D eigenvalue weighted by Crippen LogP contribution is -2.27. The predicted octanol–water partition coefficient (Wildman–Crippen LogP) is 2.26. The first-order valence-corrected chi connectivity index (χ1v) is 10.3. The number of ether oxygens (including phenoxy) is 2. The highest BCUT2D eigenvalue weighted by atomic mass is 79.9. The summed E-state index contributed by atoms with van der Waals surface area (Å²) in [5.74, 6) is 0.504. The van der Waals surface area contributed by atoms with Crippen molar-refractivity contribution in [1.29, 1.82) is 0 Å². The highest BCUT2D eigenvalue weighted by Gasteiger charge is 2.16. The molecule has 1 amide bonds. The Morgan fingerprint density at radius 1 is 1.23 bits per heavy atom. The summed E-state index contributed by atoms with van der Waals surface area (Å²) in [6.45, 7) is 3.00. The van der Waals surface area contributed by atoms with Crippen molar-refractivity contribution in [1.82, 2.24) is 29.4 Å². The number of hydrogen-bond acceptors (Lipinski definition) is 8. The minimum atomic E-state index is -0.135. The maximum Gasteiger partial charge on any atom is 0.320 e. The van der Waals surface area contributed by atoms with Crippen molar-refractivity contribution in [3.8, 4) is 11.9 Å². The number of fused-ring (bicyclic) bond motifs is 1. The molecule has 30 heavy (non-hydrogen) atoms. The average Bonchev–Trinajstić information content (AvgIpc) is 3.03. The molecule has 160 valence electrons. The van der Waals surface area contributed by atoms with Gasteiger partial charge in [-0.05, 0) is 27.9 Å². The van der Waals surface area contributed by atoms with Crippen LogP contribution in [0.25, 0.3) is 11.2 Å². The fourth-order valence-corrected chi connectivity index (χ4v) is 2.99. The molecule has 2 N–H and O–H groups in total. The van der Waals surface area contributed by atoms with Crippen molar-refractivity contribution in [2.24, 2.45) is 0 Å². The third kappa shape index (κ3) is 5.15. The third-order valence-electron chi connectivity index (χ3n) is 4.26. The fourth-order valence-electron chi connectivity index (χ4n) is 2.52.